The van der Waals surface area contributed by atoms with Crippen LogP contribution in [0.2, 0.25) is 0 Å². The van der Waals surface area contributed by atoms with Gasteiger partial charge in [-0.25, -0.2) is 0 Å². The van der Waals surface area contributed by atoms with E-state index in [9.17, 15) is 4.79 Å². The molecule has 0 heterocycles. The fraction of sp³-hybridized carbons (Fsp3) is 0.588. The minimum atomic E-state index is 0.0271. The molecule has 1 aromatic rings. The van der Waals surface area contributed by atoms with Gasteiger partial charge in [0.05, 0.1) is 12.5 Å². The van der Waals surface area contributed by atoms with Crippen LogP contribution in [0.3, 0.4) is 0 Å². The van der Waals surface area contributed by atoms with Crippen molar-refractivity contribution in [2.75, 3.05) is 6.61 Å². The molecular weight excluding hydrogens is 236 g/mol. The van der Waals surface area contributed by atoms with Crippen molar-refractivity contribution < 1.29 is 9.53 Å². The molecule has 2 saturated carbocycles. The van der Waals surface area contributed by atoms with Crippen molar-refractivity contribution in [3.05, 3.63) is 35.9 Å². The van der Waals surface area contributed by atoms with Crippen LogP contribution in [0.1, 0.15) is 44.6 Å². The lowest BCUT2D eigenvalue weighted by Gasteiger charge is -2.17. The van der Waals surface area contributed by atoms with Gasteiger partial charge in [0.15, 0.2) is 0 Å². The Labute approximate surface area is 115 Å². The fourth-order valence-corrected chi connectivity index (χ4v) is 3.05. The van der Waals surface area contributed by atoms with Gasteiger partial charge >= 0.3 is 5.97 Å². The van der Waals surface area contributed by atoms with E-state index in [0.717, 1.165) is 12.8 Å². The van der Waals surface area contributed by atoms with Gasteiger partial charge in [0.2, 0.25) is 0 Å². The molecule has 2 aliphatic carbocycles. The van der Waals surface area contributed by atoms with Gasteiger partial charge in [0, 0.05) is 5.41 Å². The topological polar surface area (TPSA) is 26.3 Å². The average Bonchev–Trinajstić information content (AvgIpc) is 3.32. The van der Waals surface area contributed by atoms with E-state index in [0.29, 0.717) is 18.4 Å². The molecule has 3 rings (SSSR count). The lowest BCUT2D eigenvalue weighted by atomic mass is 9.91. The molecule has 0 N–H and O–H groups in total. The Balaban J connectivity index is 1.55. The molecular formula is C17H22O2. The monoisotopic (exact) mass is 258 g/mol. The number of carbonyl (C=O) groups is 1. The number of esters is 1. The van der Waals surface area contributed by atoms with Crippen LogP contribution in [0.25, 0.3) is 0 Å². The van der Waals surface area contributed by atoms with Crippen LogP contribution in [0.5, 0.6) is 0 Å². The number of carbonyl (C=O) groups excluding carboxylic acids is 1. The van der Waals surface area contributed by atoms with E-state index < -0.39 is 0 Å². The molecule has 0 amide bonds. The Bertz CT molecular complexity index is 463. The van der Waals surface area contributed by atoms with Crippen molar-refractivity contribution in [1.82, 2.24) is 0 Å². The zero-order valence-electron chi connectivity index (χ0n) is 11.8. The van der Waals surface area contributed by atoms with Gasteiger partial charge in [0.25, 0.3) is 0 Å². The third-order valence-corrected chi connectivity index (χ3v) is 4.81. The number of hydrogen-bond acceptors (Lipinski definition) is 2. The summed E-state index contributed by atoms with van der Waals surface area (Å²) >= 11 is 0. The molecule has 2 nitrogen and oxygen atoms in total. The Morgan fingerprint density at radius 2 is 2.05 bits per heavy atom. The molecule has 3 atom stereocenters. The van der Waals surface area contributed by atoms with Gasteiger partial charge < -0.3 is 4.74 Å². The average molecular weight is 258 g/mol. The zero-order valence-corrected chi connectivity index (χ0v) is 11.8. The summed E-state index contributed by atoms with van der Waals surface area (Å²) in [7, 11) is 0. The van der Waals surface area contributed by atoms with Gasteiger partial charge in [-0.05, 0) is 36.7 Å². The Morgan fingerprint density at radius 1 is 1.37 bits per heavy atom. The second-order valence-electron chi connectivity index (χ2n) is 6.55. The third kappa shape index (κ3) is 2.68. The second kappa shape index (κ2) is 4.66. The zero-order chi connectivity index (χ0) is 13.5. The molecule has 0 aliphatic heterocycles. The lowest BCUT2D eigenvalue weighted by molar-refractivity contribution is -0.147. The third-order valence-electron chi connectivity index (χ3n) is 4.81. The first-order valence-corrected chi connectivity index (χ1v) is 7.32. The highest BCUT2D eigenvalue weighted by molar-refractivity contribution is 5.74. The molecule has 102 valence electrons. The van der Waals surface area contributed by atoms with Gasteiger partial charge in [-0.3, -0.25) is 4.79 Å². The van der Waals surface area contributed by atoms with Crippen LogP contribution >= 0.6 is 0 Å². The number of rotatable bonds is 5. The SMILES string of the molecule is C[C@@H](c1ccccc1)[C@@H]1C[C@@]1(C)COC(=O)C1CC1. The Kier molecular flexibility index (Phi) is 3.12. The van der Waals surface area contributed by atoms with E-state index in [1.165, 1.54) is 12.0 Å². The van der Waals surface area contributed by atoms with Crippen LogP contribution in [0.4, 0.5) is 0 Å². The largest absolute Gasteiger partial charge is 0.465 e. The Hall–Kier alpha value is -1.31. The molecule has 0 spiro atoms. The van der Waals surface area contributed by atoms with Gasteiger partial charge in [-0.2, -0.15) is 0 Å². The predicted octanol–water partition coefficient (Wildman–Crippen LogP) is 3.77. The van der Waals surface area contributed by atoms with Crippen molar-refractivity contribution in [3.63, 3.8) is 0 Å². The molecule has 2 fully saturated rings. The fourth-order valence-electron chi connectivity index (χ4n) is 3.05. The van der Waals surface area contributed by atoms with Crippen molar-refractivity contribution in [1.29, 1.82) is 0 Å². The van der Waals surface area contributed by atoms with Gasteiger partial charge in [-0.15, -0.1) is 0 Å². The summed E-state index contributed by atoms with van der Waals surface area (Å²) in [5.41, 5.74) is 1.59. The molecule has 0 radical (unpaired) electrons. The summed E-state index contributed by atoms with van der Waals surface area (Å²) in [5, 5.41) is 0. The van der Waals surface area contributed by atoms with Crippen LogP contribution in [0, 0.1) is 17.3 Å². The molecule has 0 bridgehead atoms. The molecule has 2 aliphatic rings. The second-order valence-corrected chi connectivity index (χ2v) is 6.55. The molecule has 1 aromatic carbocycles. The summed E-state index contributed by atoms with van der Waals surface area (Å²) in [5.74, 6) is 1.43. The van der Waals surface area contributed by atoms with E-state index in [-0.39, 0.29) is 17.3 Å². The lowest BCUT2D eigenvalue weighted by Crippen LogP contribution is -2.16. The number of benzene rings is 1. The molecule has 0 unspecified atom stereocenters. The first kappa shape index (κ1) is 12.7. The normalized spacial score (nSPS) is 30.7. The highest BCUT2D eigenvalue weighted by Crippen LogP contribution is 2.59. The van der Waals surface area contributed by atoms with Crippen molar-refractivity contribution >= 4 is 5.97 Å². The van der Waals surface area contributed by atoms with Crippen molar-refractivity contribution in [2.24, 2.45) is 17.3 Å². The maximum absolute atomic E-state index is 11.6. The summed E-state index contributed by atoms with van der Waals surface area (Å²) in [6.07, 6.45) is 3.22. The highest BCUT2D eigenvalue weighted by atomic mass is 16.5. The summed E-state index contributed by atoms with van der Waals surface area (Å²) in [6, 6.07) is 10.6. The predicted molar refractivity (Wildman–Crippen MR) is 74.8 cm³/mol. The first-order valence-electron chi connectivity index (χ1n) is 7.32. The highest BCUT2D eigenvalue weighted by Gasteiger charge is 2.53. The smallest absolute Gasteiger partial charge is 0.308 e. The van der Waals surface area contributed by atoms with Crippen LogP contribution in [-0.2, 0) is 9.53 Å². The number of hydrogen-bond donors (Lipinski definition) is 0. The van der Waals surface area contributed by atoms with Crippen LogP contribution in [0.15, 0.2) is 30.3 Å². The van der Waals surface area contributed by atoms with Gasteiger partial charge in [-0.1, -0.05) is 44.2 Å². The van der Waals surface area contributed by atoms with Crippen molar-refractivity contribution in [2.45, 2.75) is 39.0 Å². The van der Waals surface area contributed by atoms with Gasteiger partial charge in [0.1, 0.15) is 0 Å². The van der Waals surface area contributed by atoms with E-state index in [4.69, 9.17) is 4.74 Å². The van der Waals surface area contributed by atoms with E-state index in [2.05, 4.69) is 44.2 Å². The minimum Gasteiger partial charge on any atom is -0.465 e. The minimum absolute atomic E-state index is 0.0271. The molecule has 2 heteroatoms. The van der Waals surface area contributed by atoms with E-state index in [1.54, 1.807) is 0 Å². The maximum atomic E-state index is 11.6. The quantitative estimate of drug-likeness (QED) is 0.751. The Morgan fingerprint density at radius 3 is 2.68 bits per heavy atom. The first-order chi connectivity index (χ1) is 9.10. The van der Waals surface area contributed by atoms with Crippen LogP contribution in [-0.4, -0.2) is 12.6 Å². The van der Waals surface area contributed by atoms with E-state index in [1.807, 2.05) is 0 Å². The molecule has 0 saturated heterocycles. The van der Waals surface area contributed by atoms with Crippen LogP contribution < -0.4 is 0 Å². The standard InChI is InChI=1S/C17H22O2/c1-12(13-6-4-3-5-7-13)15-10-17(15,2)11-19-16(18)14-8-9-14/h3-7,12,14-15H,8-11H2,1-2H3/t12-,15-,17-/m0/s1. The number of ether oxygens (including phenoxy) is 1. The summed E-state index contributed by atoms with van der Waals surface area (Å²) in [4.78, 5) is 11.6. The summed E-state index contributed by atoms with van der Waals surface area (Å²) < 4.78 is 5.47. The van der Waals surface area contributed by atoms with Crippen molar-refractivity contribution in [3.8, 4) is 0 Å². The molecule has 19 heavy (non-hydrogen) atoms. The molecule has 0 aromatic heterocycles. The van der Waals surface area contributed by atoms with E-state index >= 15 is 0 Å². The maximum Gasteiger partial charge on any atom is 0.308 e. The summed E-state index contributed by atoms with van der Waals surface area (Å²) in [6.45, 7) is 5.13.